The molecule has 7 heteroatoms. The summed E-state index contributed by atoms with van der Waals surface area (Å²) in [6, 6.07) is 1.17. The Bertz CT molecular complexity index is 464. The fourth-order valence-corrected chi connectivity index (χ4v) is 1.07. The molecule has 0 amide bonds. The van der Waals surface area contributed by atoms with E-state index in [2.05, 4.69) is 16.8 Å². The van der Waals surface area contributed by atoms with Crippen LogP contribution in [0.3, 0.4) is 0 Å². The molecule has 0 unspecified atom stereocenters. The third-order valence-corrected chi connectivity index (χ3v) is 1.79. The summed E-state index contributed by atoms with van der Waals surface area (Å²) in [6.07, 6.45) is 0. The van der Waals surface area contributed by atoms with Crippen LogP contribution >= 0.6 is 11.6 Å². The minimum Gasteiger partial charge on any atom is -0.378 e. The second kappa shape index (κ2) is 4.59. The highest BCUT2D eigenvalue weighted by Crippen LogP contribution is 2.24. The quantitative estimate of drug-likeness (QED) is 0.314. The lowest BCUT2D eigenvalue weighted by Gasteiger charge is -1.99. The van der Waals surface area contributed by atoms with Crippen LogP contribution in [0.1, 0.15) is 5.56 Å². The minimum atomic E-state index is -0.647. The van der Waals surface area contributed by atoms with Crippen molar-refractivity contribution in [2.75, 3.05) is 12.3 Å². The smallest absolute Gasteiger partial charge is 0.312 e. The summed E-state index contributed by atoms with van der Waals surface area (Å²) in [5.74, 6) is 4.85. The molecule has 0 fully saturated rings. The lowest BCUT2D eigenvalue weighted by Crippen LogP contribution is -2.00. The monoisotopic (exact) mass is 226 g/mol. The molecule has 0 aliphatic carbocycles. The predicted octanol–water partition coefficient (Wildman–Crippen LogP) is 0.536. The van der Waals surface area contributed by atoms with E-state index in [1.54, 1.807) is 0 Å². The number of nitrogen functional groups attached to an aromatic ring is 1. The lowest BCUT2D eigenvalue weighted by molar-refractivity contribution is -0.384. The van der Waals surface area contributed by atoms with Crippen molar-refractivity contribution in [3.05, 3.63) is 26.9 Å². The number of nitro groups is 1. The van der Waals surface area contributed by atoms with Gasteiger partial charge in [-0.05, 0) is 0 Å². The molecule has 0 spiro atoms. The highest BCUT2D eigenvalue weighted by molar-refractivity contribution is 6.30. The van der Waals surface area contributed by atoms with Crippen LogP contribution in [0.4, 0.5) is 11.5 Å². The van der Waals surface area contributed by atoms with Crippen molar-refractivity contribution >= 4 is 23.1 Å². The maximum Gasteiger partial charge on any atom is 0.312 e. The van der Waals surface area contributed by atoms with Crippen LogP contribution in [0.2, 0.25) is 5.15 Å². The standard InChI is InChI=1S/C8H7ClN4O2/c9-7-5(2-1-3-10)4-6(13(14)15)8(11)12-7/h4H,3,10H2,(H2,11,12). The molecule has 1 rings (SSSR count). The number of hydrogen-bond acceptors (Lipinski definition) is 5. The van der Waals surface area contributed by atoms with Crippen molar-refractivity contribution in [3.8, 4) is 11.8 Å². The number of rotatable bonds is 1. The first-order valence-electron chi connectivity index (χ1n) is 3.85. The summed E-state index contributed by atoms with van der Waals surface area (Å²) in [6.45, 7) is 0.133. The van der Waals surface area contributed by atoms with E-state index in [0.717, 1.165) is 0 Å². The van der Waals surface area contributed by atoms with Gasteiger partial charge in [0.25, 0.3) is 0 Å². The van der Waals surface area contributed by atoms with Gasteiger partial charge in [0.1, 0.15) is 5.15 Å². The van der Waals surface area contributed by atoms with Gasteiger partial charge in [-0.2, -0.15) is 0 Å². The van der Waals surface area contributed by atoms with Gasteiger partial charge in [0, 0.05) is 6.07 Å². The van der Waals surface area contributed by atoms with Gasteiger partial charge in [-0.1, -0.05) is 23.4 Å². The number of nitrogens with two attached hydrogens (primary N) is 2. The molecule has 1 aromatic rings. The predicted molar refractivity (Wildman–Crippen MR) is 56.2 cm³/mol. The summed E-state index contributed by atoms with van der Waals surface area (Å²) < 4.78 is 0. The lowest BCUT2D eigenvalue weighted by atomic mass is 10.2. The van der Waals surface area contributed by atoms with Gasteiger partial charge in [0.2, 0.25) is 5.82 Å². The highest BCUT2D eigenvalue weighted by atomic mass is 35.5. The molecule has 0 aliphatic heterocycles. The van der Waals surface area contributed by atoms with E-state index < -0.39 is 4.92 Å². The van der Waals surface area contributed by atoms with Gasteiger partial charge in [-0.3, -0.25) is 10.1 Å². The van der Waals surface area contributed by atoms with Crippen molar-refractivity contribution in [3.63, 3.8) is 0 Å². The Balaban J connectivity index is 3.29. The maximum absolute atomic E-state index is 10.5. The largest absolute Gasteiger partial charge is 0.378 e. The molecule has 0 radical (unpaired) electrons. The molecule has 0 saturated heterocycles. The van der Waals surface area contributed by atoms with Crippen molar-refractivity contribution < 1.29 is 4.92 Å². The molecule has 1 aromatic heterocycles. The first-order chi connectivity index (χ1) is 7.06. The van der Waals surface area contributed by atoms with E-state index in [0.29, 0.717) is 0 Å². The molecular weight excluding hydrogens is 220 g/mol. The van der Waals surface area contributed by atoms with Gasteiger partial charge in [-0.25, -0.2) is 4.98 Å². The van der Waals surface area contributed by atoms with Crippen LogP contribution in [0, 0.1) is 22.0 Å². The van der Waals surface area contributed by atoms with Crippen LogP contribution in [0.5, 0.6) is 0 Å². The molecule has 15 heavy (non-hydrogen) atoms. The van der Waals surface area contributed by atoms with E-state index in [9.17, 15) is 10.1 Å². The van der Waals surface area contributed by atoms with E-state index >= 15 is 0 Å². The molecule has 0 atom stereocenters. The fourth-order valence-electron chi connectivity index (χ4n) is 0.874. The molecule has 0 saturated carbocycles. The number of anilines is 1. The molecule has 0 aliphatic rings. The van der Waals surface area contributed by atoms with Gasteiger partial charge in [-0.15, -0.1) is 0 Å². The van der Waals surface area contributed by atoms with Crippen LogP contribution in [0.25, 0.3) is 0 Å². The third-order valence-electron chi connectivity index (χ3n) is 1.51. The van der Waals surface area contributed by atoms with Crippen molar-refractivity contribution in [1.29, 1.82) is 0 Å². The van der Waals surface area contributed by atoms with E-state index in [1.165, 1.54) is 6.07 Å². The Morgan fingerprint density at radius 3 is 2.87 bits per heavy atom. The Hall–Kier alpha value is -1.84. The van der Waals surface area contributed by atoms with Crippen LogP contribution in [0.15, 0.2) is 6.07 Å². The summed E-state index contributed by atoms with van der Waals surface area (Å²) >= 11 is 5.68. The summed E-state index contributed by atoms with van der Waals surface area (Å²) in [7, 11) is 0. The molecule has 0 aromatic carbocycles. The van der Waals surface area contributed by atoms with Crippen LogP contribution < -0.4 is 11.5 Å². The fraction of sp³-hybridized carbons (Fsp3) is 0.125. The first-order valence-corrected chi connectivity index (χ1v) is 4.23. The summed E-state index contributed by atoms with van der Waals surface area (Å²) in [5, 5.41) is 10.6. The third kappa shape index (κ3) is 2.56. The van der Waals surface area contributed by atoms with Gasteiger partial charge < -0.3 is 11.5 Å². The SMILES string of the molecule is NCC#Cc1cc([N+](=O)[O-])c(N)nc1Cl. The number of nitrogens with zero attached hydrogens (tertiary/aromatic N) is 2. The zero-order valence-electron chi connectivity index (χ0n) is 7.53. The van der Waals surface area contributed by atoms with Crippen LogP contribution in [-0.4, -0.2) is 16.5 Å². The van der Waals surface area contributed by atoms with Crippen LogP contribution in [-0.2, 0) is 0 Å². The highest BCUT2D eigenvalue weighted by Gasteiger charge is 2.15. The molecule has 4 N–H and O–H groups in total. The van der Waals surface area contributed by atoms with Crippen molar-refractivity contribution in [2.45, 2.75) is 0 Å². The van der Waals surface area contributed by atoms with Gasteiger partial charge in [0.15, 0.2) is 0 Å². The summed E-state index contributed by atoms with van der Waals surface area (Å²) in [4.78, 5) is 13.5. The second-order valence-corrected chi connectivity index (χ2v) is 2.85. The molecular formula is C8H7ClN4O2. The number of pyridine rings is 1. The Kier molecular flexibility index (Phi) is 3.44. The Morgan fingerprint density at radius 1 is 1.67 bits per heavy atom. The van der Waals surface area contributed by atoms with Gasteiger partial charge in [0.05, 0.1) is 17.0 Å². The zero-order valence-corrected chi connectivity index (χ0v) is 8.28. The molecule has 1 heterocycles. The van der Waals surface area contributed by atoms with Gasteiger partial charge >= 0.3 is 5.69 Å². The van der Waals surface area contributed by atoms with E-state index in [4.69, 9.17) is 23.1 Å². The van der Waals surface area contributed by atoms with E-state index in [1.807, 2.05) is 0 Å². The second-order valence-electron chi connectivity index (χ2n) is 2.49. The van der Waals surface area contributed by atoms with Crippen molar-refractivity contribution in [2.24, 2.45) is 5.73 Å². The molecule has 6 nitrogen and oxygen atoms in total. The minimum absolute atomic E-state index is 0.0269. The number of halogens is 1. The Labute approximate surface area is 90.4 Å². The number of hydrogen-bond donors (Lipinski definition) is 2. The van der Waals surface area contributed by atoms with Crippen molar-refractivity contribution in [1.82, 2.24) is 4.98 Å². The Morgan fingerprint density at radius 2 is 2.33 bits per heavy atom. The first kappa shape index (κ1) is 11.2. The zero-order chi connectivity index (χ0) is 11.4. The summed E-state index contributed by atoms with van der Waals surface area (Å²) in [5.41, 5.74) is 10.4. The average molecular weight is 227 g/mol. The topological polar surface area (TPSA) is 108 Å². The van der Waals surface area contributed by atoms with E-state index in [-0.39, 0.29) is 28.8 Å². The number of aromatic nitrogens is 1. The normalized spacial score (nSPS) is 9.20. The molecule has 78 valence electrons. The average Bonchev–Trinajstić information content (AvgIpc) is 2.16. The maximum atomic E-state index is 10.5. The molecule has 0 bridgehead atoms.